The highest BCUT2D eigenvalue weighted by Gasteiger charge is 2.10. The van der Waals surface area contributed by atoms with E-state index in [2.05, 4.69) is 48.6 Å². The average Bonchev–Trinajstić information content (AvgIpc) is 2.34. The monoisotopic (exact) mass is 247 g/mol. The van der Waals surface area contributed by atoms with E-state index in [1.807, 2.05) is 19.2 Å². The van der Waals surface area contributed by atoms with E-state index >= 15 is 0 Å². The number of aryl methyl sites for hydroxylation is 1. The summed E-state index contributed by atoms with van der Waals surface area (Å²) in [6.07, 6.45) is 3.92. The van der Waals surface area contributed by atoms with Crippen LogP contribution in [0.25, 0.3) is 0 Å². The van der Waals surface area contributed by atoms with Crippen molar-refractivity contribution >= 4 is 5.69 Å². The number of nitrogens with one attached hydrogen (secondary N) is 1. The van der Waals surface area contributed by atoms with Gasteiger partial charge in [-0.15, -0.1) is 6.58 Å². The van der Waals surface area contributed by atoms with Crippen molar-refractivity contribution in [2.24, 2.45) is 0 Å². The van der Waals surface area contributed by atoms with Gasteiger partial charge in [-0.2, -0.15) is 0 Å². The smallest absolute Gasteiger partial charge is 0.0448 e. The van der Waals surface area contributed by atoms with E-state index in [4.69, 9.17) is 0 Å². The highest BCUT2D eigenvalue weighted by Crippen LogP contribution is 2.21. The van der Waals surface area contributed by atoms with E-state index in [1.165, 1.54) is 11.3 Å². The Morgan fingerprint density at radius 2 is 2.22 bits per heavy atom. The van der Waals surface area contributed by atoms with E-state index < -0.39 is 0 Å². The zero-order valence-corrected chi connectivity index (χ0v) is 12.0. The second-order valence-corrected chi connectivity index (χ2v) is 4.82. The Kier molecular flexibility index (Phi) is 5.86. The zero-order valence-electron chi connectivity index (χ0n) is 12.0. The van der Waals surface area contributed by atoms with Gasteiger partial charge in [0.2, 0.25) is 0 Å². The van der Waals surface area contributed by atoms with Crippen LogP contribution in [0.4, 0.5) is 5.69 Å². The second-order valence-electron chi connectivity index (χ2n) is 4.82. The molecule has 1 heterocycles. The van der Waals surface area contributed by atoms with Crippen LogP contribution in [0.1, 0.15) is 32.0 Å². The standard InChI is InChI=1S/C15H25N3/c1-6-8-18(7-2)15-9-13(5)17-11-14(15)10-16-12(3)4/h6,9,11-12,16H,1,7-8,10H2,2-5H3. The fraction of sp³-hybridized carbons (Fsp3) is 0.533. The average molecular weight is 247 g/mol. The van der Waals surface area contributed by atoms with E-state index in [1.54, 1.807) is 0 Å². The Labute approximate surface area is 111 Å². The minimum atomic E-state index is 0.480. The first-order valence-electron chi connectivity index (χ1n) is 6.63. The van der Waals surface area contributed by atoms with Crippen molar-refractivity contribution in [2.45, 2.75) is 40.3 Å². The van der Waals surface area contributed by atoms with Crippen LogP contribution in [0.15, 0.2) is 24.9 Å². The molecule has 1 rings (SSSR count). The molecule has 1 aromatic rings. The predicted molar refractivity (Wildman–Crippen MR) is 79.0 cm³/mol. The number of nitrogens with zero attached hydrogens (tertiary/aromatic N) is 2. The van der Waals surface area contributed by atoms with Gasteiger partial charge in [0.25, 0.3) is 0 Å². The normalized spacial score (nSPS) is 10.7. The number of anilines is 1. The molecule has 0 saturated carbocycles. The summed E-state index contributed by atoms with van der Waals surface area (Å²) in [6, 6.07) is 2.64. The van der Waals surface area contributed by atoms with Crippen LogP contribution in [-0.2, 0) is 6.54 Å². The van der Waals surface area contributed by atoms with E-state index in [0.717, 1.165) is 25.3 Å². The summed E-state index contributed by atoms with van der Waals surface area (Å²) in [4.78, 5) is 6.72. The number of likely N-dealkylation sites (N-methyl/N-ethyl adjacent to an activating group) is 1. The molecule has 0 aromatic carbocycles. The first kappa shape index (κ1) is 14.7. The Morgan fingerprint density at radius 1 is 1.50 bits per heavy atom. The van der Waals surface area contributed by atoms with Crippen molar-refractivity contribution in [3.8, 4) is 0 Å². The Hall–Kier alpha value is -1.35. The van der Waals surface area contributed by atoms with Gasteiger partial charge < -0.3 is 10.2 Å². The molecule has 0 radical (unpaired) electrons. The third-order valence-electron chi connectivity index (χ3n) is 2.87. The largest absolute Gasteiger partial charge is 0.368 e. The maximum atomic E-state index is 4.40. The van der Waals surface area contributed by atoms with Gasteiger partial charge in [0.15, 0.2) is 0 Å². The molecule has 0 atom stereocenters. The number of pyridine rings is 1. The third kappa shape index (κ3) is 4.15. The Balaban J connectivity index is 2.97. The fourth-order valence-corrected chi connectivity index (χ4v) is 1.87. The summed E-state index contributed by atoms with van der Waals surface area (Å²) in [6.45, 7) is 15.0. The lowest BCUT2D eigenvalue weighted by molar-refractivity contribution is 0.587. The topological polar surface area (TPSA) is 28.2 Å². The van der Waals surface area contributed by atoms with E-state index in [9.17, 15) is 0 Å². The molecule has 0 aliphatic heterocycles. The van der Waals surface area contributed by atoms with Gasteiger partial charge >= 0.3 is 0 Å². The third-order valence-corrected chi connectivity index (χ3v) is 2.87. The minimum Gasteiger partial charge on any atom is -0.368 e. The molecule has 0 spiro atoms. The summed E-state index contributed by atoms with van der Waals surface area (Å²) in [5, 5.41) is 3.45. The van der Waals surface area contributed by atoms with Crippen molar-refractivity contribution in [1.29, 1.82) is 0 Å². The van der Waals surface area contributed by atoms with Crippen LogP contribution in [0.2, 0.25) is 0 Å². The maximum Gasteiger partial charge on any atom is 0.0448 e. The first-order valence-corrected chi connectivity index (χ1v) is 6.63. The molecule has 0 unspecified atom stereocenters. The summed E-state index contributed by atoms with van der Waals surface area (Å²) < 4.78 is 0. The van der Waals surface area contributed by atoms with Crippen molar-refractivity contribution in [3.63, 3.8) is 0 Å². The van der Waals surface area contributed by atoms with Crippen LogP contribution < -0.4 is 10.2 Å². The lowest BCUT2D eigenvalue weighted by atomic mass is 10.1. The number of aromatic nitrogens is 1. The van der Waals surface area contributed by atoms with Crippen LogP contribution in [0.3, 0.4) is 0 Å². The minimum absolute atomic E-state index is 0.480. The molecule has 100 valence electrons. The molecule has 0 bridgehead atoms. The van der Waals surface area contributed by atoms with Crippen LogP contribution >= 0.6 is 0 Å². The maximum absolute atomic E-state index is 4.40. The van der Waals surface area contributed by atoms with Crippen molar-refractivity contribution < 1.29 is 0 Å². The molecule has 0 amide bonds. The molecule has 0 aliphatic carbocycles. The molecule has 0 aliphatic rings. The first-order chi connectivity index (χ1) is 8.58. The molecule has 0 saturated heterocycles. The van der Waals surface area contributed by atoms with Crippen LogP contribution in [0, 0.1) is 6.92 Å². The molecular formula is C15H25N3. The number of hydrogen-bond acceptors (Lipinski definition) is 3. The Morgan fingerprint density at radius 3 is 2.78 bits per heavy atom. The number of hydrogen-bond donors (Lipinski definition) is 1. The molecule has 3 nitrogen and oxygen atoms in total. The van der Waals surface area contributed by atoms with Gasteiger partial charge in [0.1, 0.15) is 0 Å². The van der Waals surface area contributed by atoms with Gasteiger partial charge in [-0.05, 0) is 19.9 Å². The predicted octanol–water partition coefficient (Wildman–Crippen LogP) is 2.90. The zero-order chi connectivity index (χ0) is 13.5. The molecular weight excluding hydrogens is 222 g/mol. The van der Waals surface area contributed by atoms with Gasteiger partial charge in [-0.1, -0.05) is 19.9 Å². The summed E-state index contributed by atoms with van der Waals surface area (Å²) in [5.41, 5.74) is 3.57. The second kappa shape index (κ2) is 7.17. The summed E-state index contributed by atoms with van der Waals surface area (Å²) in [5.74, 6) is 0. The van der Waals surface area contributed by atoms with Gasteiger partial charge in [0, 0.05) is 48.8 Å². The van der Waals surface area contributed by atoms with Crippen molar-refractivity contribution in [1.82, 2.24) is 10.3 Å². The van der Waals surface area contributed by atoms with Gasteiger partial charge in [0.05, 0.1) is 0 Å². The van der Waals surface area contributed by atoms with Gasteiger partial charge in [-0.3, -0.25) is 4.98 Å². The molecule has 1 aromatic heterocycles. The fourth-order valence-electron chi connectivity index (χ4n) is 1.87. The SMILES string of the molecule is C=CCN(CC)c1cc(C)ncc1CNC(C)C. The van der Waals surface area contributed by atoms with Crippen molar-refractivity contribution in [2.75, 3.05) is 18.0 Å². The lowest BCUT2D eigenvalue weighted by Crippen LogP contribution is -2.27. The van der Waals surface area contributed by atoms with E-state index in [-0.39, 0.29) is 0 Å². The molecule has 3 heteroatoms. The summed E-state index contributed by atoms with van der Waals surface area (Å²) >= 11 is 0. The van der Waals surface area contributed by atoms with Crippen LogP contribution in [-0.4, -0.2) is 24.1 Å². The van der Waals surface area contributed by atoms with Crippen LogP contribution in [0.5, 0.6) is 0 Å². The van der Waals surface area contributed by atoms with Crippen molar-refractivity contribution in [3.05, 3.63) is 36.2 Å². The highest BCUT2D eigenvalue weighted by atomic mass is 15.1. The van der Waals surface area contributed by atoms with Gasteiger partial charge in [-0.25, -0.2) is 0 Å². The lowest BCUT2D eigenvalue weighted by Gasteiger charge is -2.25. The Bertz CT molecular complexity index is 385. The van der Waals surface area contributed by atoms with E-state index in [0.29, 0.717) is 6.04 Å². The molecule has 1 N–H and O–H groups in total. The number of rotatable bonds is 7. The molecule has 0 fully saturated rings. The highest BCUT2D eigenvalue weighted by molar-refractivity contribution is 5.54. The quantitative estimate of drug-likeness (QED) is 0.751. The molecule has 18 heavy (non-hydrogen) atoms. The summed E-state index contributed by atoms with van der Waals surface area (Å²) in [7, 11) is 0.